The van der Waals surface area contributed by atoms with Gasteiger partial charge in [0.15, 0.2) is 5.75 Å². The van der Waals surface area contributed by atoms with E-state index in [1.54, 1.807) is 26.2 Å². The van der Waals surface area contributed by atoms with Crippen molar-refractivity contribution in [2.75, 3.05) is 34.3 Å². The number of nitrogens with one attached hydrogen (secondary N) is 2. The van der Waals surface area contributed by atoms with Crippen LogP contribution in [0.25, 0.3) is 0 Å². The molecule has 21 heavy (non-hydrogen) atoms. The van der Waals surface area contributed by atoms with Gasteiger partial charge in [-0.3, -0.25) is 10.1 Å². The molecule has 0 atom stereocenters. The van der Waals surface area contributed by atoms with Crippen molar-refractivity contribution in [3.63, 3.8) is 0 Å². The summed E-state index contributed by atoms with van der Waals surface area (Å²) < 4.78 is 4.94. The van der Waals surface area contributed by atoms with Crippen LogP contribution in [-0.2, 0) is 6.54 Å². The van der Waals surface area contributed by atoms with Gasteiger partial charge in [0, 0.05) is 39.8 Å². The lowest BCUT2D eigenvalue weighted by atomic mass is 10.2. The van der Waals surface area contributed by atoms with Gasteiger partial charge in [-0.15, -0.1) is 0 Å². The average molecular weight is 296 g/mol. The number of nitrogens with zero attached hydrogens (tertiary/aromatic N) is 2. The lowest BCUT2D eigenvalue weighted by molar-refractivity contribution is -0.385. The molecule has 0 aliphatic heterocycles. The number of urea groups is 1. The zero-order chi connectivity index (χ0) is 15.8. The Balaban J connectivity index is 2.44. The summed E-state index contributed by atoms with van der Waals surface area (Å²) >= 11 is 0. The number of carbonyl (C=O) groups excluding carboxylic acids is 1. The number of methoxy groups -OCH3 is 1. The fraction of sp³-hybridized carbons (Fsp3) is 0.462. The lowest BCUT2D eigenvalue weighted by Crippen LogP contribution is -2.38. The Bertz CT molecular complexity index is 505. The maximum Gasteiger partial charge on any atom is 0.316 e. The standard InChI is InChI=1S/C13H20N4O4/c1-16(2)13(18)15-7-6-14-9-10-4-5-12(21-3)11(8-10)17(19)20/h4-5,8,14H,6-7,9H2,1-3H3,(H,15,18). The third-order valence-corrected chi connectivity index (χ3v) is 2.75. The molecular weight excluding hydrogens is 276 g/mol. The van der Waals surface area contributed by atoms with Crippen LogP contribution in [0, 0.1) is 10.1 Å². The number of rotatable bonds is 7. The fourth-order valence-electron chi connectivity index (χ4n) is 1.64. The molecule has 116 valence electrons. The number of carbonyl (C=O) groups is 1. The van der Waals surface area contributed by atoms with Crippen molar-refractivity contribution in [3.05, 3.63) is 33.9 Å². The van der Waals surface area contributed by atoms with Gasteiger partial charge in [0.1, 0.15) is 0 Å². The minimum absolute atomic E-state index is 0.0577. The molecule has 0 bridgehead atoms. The van der Waals surface area contributed by atoms with Crippen molar-refractivity contribution < 1.29 is 14.5 Å². The maximum atomic E-state index is 11.3. The van der Waals surface area contributed by atoms with E-state index in [1.165, 1.54) is 18.1 Å². The van der Waals surface area contributed by atoms with Gasteiger partial charge in [0.2, 0.25) is 0 Å². The van der Waals surface area contributed by atoms with Gasteiger partial charge in [-0.05, 0) is 11.6 Å². The summed E-state index contributed by atoms with van der Waals surface area (Å²) in [5.74, 6) is 0.238. The molecule has 1 rings (SSSR count). The zero-order valence-electron chi connectivity index (χ0n) is 12.4. The molecule has 2 N–H and O–H groups in total. The maximum absolute atomic E-state index is 11.3. The van der Waals surface area contributed by atoms with E-state index in [9.17, 15) is 14.9 Å². The van der Waals surface area contributed by atoms with Gasteiger partial charge < -0.3 is 20.3 Å². The summed E-state index contributed by atoms with van der Waals surface area (Å²) in [4.78, 5) is 23.1. The van der Waals surface area contributed by atoms with Crippen LogP contribution in [-0.4, -0.2) is 50.1 Å². The molecule has 8 heteroatoms. The molecule has 0 saturated carbocycles. The van der Waals surface area contributed by atoms with E-state index in [-0.39, 0.29) is 17.5 Å². The molecule has 0 fully saturated rings. The Kier molecular flexibility index (Phi) is 6.41. The van der Waals surface area contributed by atoms with Gasteiger partial charge >= 0.3 is 11.7 Å². The minimum Gasteiger partial charge on any atom is -0.490 e. The molecule has 0 aliphatic rings. The van der Waals surface area contributed by atoms with Crippen LogP contribution in [0.15, 0.2) is 18.2 Å². The van der Waals surface area contributed by atoms with E-state index in [1.807, 2.05) is 0 Å². The zero-order valence-corrected chi connectivity index (χ0v) is 12.4. The van der Waals surface area contributed by atoms with Crippen LogP contribution in [0.2, 0.25) is 0 Å². The first kappa shape index (κ1) is 16.7. The summed E-state index contributed by atoms with van der Waals surface area (Å²) in [6.07, 6.45) is 0. The van der Waals surface area contributed by atoms with Crippen molar-refractivity contribution in [1.29, 1.82) is 0 Å². The van der Waals surface area contributed by atoms with Crippen LogP contribution in [0.4, 0.5) is 10.5 Å². The van der Waals surface area contributed by atoms with Crippen LogP contribution < -0.4 is 15.4 Å². The summed E-state index contributed by atoms with van der Waals surface area (Å²) in [5.41, 5.74) is 0.721. The number of amides is 2. The Labute approximate surface area is 123 Å². The third-order valence-electron chi connectivity index (χ3n) is 2.75. The molecule has 0 radical (unpaired) electrons. The molecule has 1 aromatic rings. The molecule has 8 nitrogen and oxygen atoms in total. The normalized spacial score (nSPS) is 10.0. The van der Waals surface area contributed by atoms with Crippen molar-refractivity contribution in [2.24, 2.45) is 0 Å². The predicted molar refractivity (Wildman–Crippen MR) is 78.4 cm³/mol. The second-order valence-electron chi connectivity index (χ2n) is 4.57. The molecule has 0 heterocycles. The molecular formula is C13H20N4O4. The van der Waals surface area contributed by atoms with Gasteiger partial charge in [0.05, 0.1) is 12.0 Å². The Morgan fingerprint density at radius 2 is 2.10 bits per heavy atom. The number of nitro groups is 1. The van der Waals surface area contributed by atoms with Crippen LogP contribution in [0.1, 0.15) is 5.56 Å². The van der Waals surface area contributed by atoms with E-state index < -0.39 is 4.92 Å². The summed E-state index contributed by atoms with van der Waals surface area (Å²) in [7, 11) is 4.73. The highest BCUT2D eigenvalue weighted by molar-refractivity contribution is 5.73. The number of hydrogen-bond acceptors (Lipinski definition) is 5. The predicted octanol–water partition coefficient (Wildman–Crippen LogP) is 0.964. The molecule has 0 aliphatic carbocycles. The number of hydrogen-bond donors (Lipinski definition) is 2. The Hall–Kier alpha value is -2.35. The largest absolute Gasteiger partial charge is 0.490 e. The topological polar surface area (TPSA) is 96.7 Å². The van der Waals surface area contributed by atoms with Gasteiger partial charge in [-0.25, -0.2) is 4.79 Å². The summed E-state index contributed by atoms with van der Waals surface area (Å²) in [6.45, 7) is 1.53. The lowest BCUT2D eigenvalue weighted by Gasteiger charge is -2.12. The van der Waals surface area contributed by atoms with Crippen LogP contribution in [0.3, 0.4) is 0 Å². The van der Waals surface area contributed by atoms with Crippen molar-refractivity contribution >= 4 is 11.7 Å². The monoisotopic (exact) mass is 296 g/mol. The first-order valence-corrected chi connectivity index (χ1v) is 6.43. The fourth-order valence-corrected chi connectivity index (χ4v) is 1.64. The van der Waals surface area contributed by atoms with Gasteiger partial charge in [0.25, 0.3) is 0 Å². The second kappa shape index (κ2) is 8.05. The highest BCUT2D eigenvalue weighted by Crippen LogP contribution is 2.27. The number of benzene rings is 1. The van der Waals surface area contributed by atoms with Crippen molar-refractivity contribution in [1.82, 2.24) is 15.5 Å². The van der Waals surface area contributed by atoms with Crippen LogP contribution >= 0.6 is 0 Å². The molecule has 0 aromatic heterocycles. The first-order chi connectivity index (χ1) is 9.95. The number of ether oxygens (including phenoxy) is 1. The van der Waals surface area contributed by atoms with E-state index in [0.717, 1.165) is 5.56 Å². The van der Waals surface area contributed by atoms with Gasteiger partial charge in [-0.1, -0.05) is 6.07 Å². The smallest absolute Gasteiger partial charge is 0.316 e. The molecule has 0 spiro atoms. The van der Waals surface area contributed by atoms with E-state index in [2.05, 4.69) is 10.6 Å². The van der Waals surface area contributed by atoms with E-state index >= 15 is 0 Å². The summed E-state index contributed by atoms with van der Waals surface area (Å²) in [5, 5.41) is 16.7. The molecule has 2 amide bonds. The highest BCUT2D eigenvalue weighted by Gasteiger charge is 2.14. The van der Waals surface area contributed by atoms with E-state index in [4.69, 9.17) is 4.74 Å². The Morgan fingerprint density at radius 3 is 2.67 bits per heavy atom. The van der Waals surface area contributed by atoms with Crippen molar-refractivity contribution in [3.8, 4) is 5.75 Å². The number of nitro benzene ring substituents is 1. The van der Waals surface area contributed by atoms with Gasteiger partial charge in [-0.2, -0.15) is 0 Å². The summed E-state index contributed by atoms with van der Waals surface area (Å²) in [6, 6.07) is 4.65. The van der Waals surface area contributed by atoms with E-state index in [0.29, 0.717) is 19.6 Å². The molecule has 0 unspecified atom stereocenters. The first-order valence-electron chi connectivity index (χ1n) is 6.43. The SMILES string of the molecule is COc1ccc(CNCCNC(=O)N(C)C)cc1[N+](=O)[O-]. The molecule has 0 saturated heterocycles. The average Bonchev–Trinajstić information content (AvgIpc) is 2.46. The molecule has 1 aromatic carbocycles. The van der Waals surface area contributed by atoms with Crippen LogP contribution in [0.5, 0.6) is 5.75 Å². The minimum atomic E-state index is -0.473. The van der Waals surface area contributed by atoms with Crippen molar-refractivity contribution in [2.45, 2.75) is 6.54 Å². The quantitative estimate of drug-likeness (QED) is 0.444. The highest BCUT2D eigenvalue weighted by atomic mass is 16.6. The Morgan fingerprint density at radius 1 is 1.38 bits per heavy atom. The third kappa shape index (κ3) is 5.27. The second-order valence-corrected chi connectivity index (χ2v) is 4.57.